The van der Waals surface area contributed by atoms with Gasteiger partial charge in [0.1, 0.15) is 5.82 Å². The molecule has 0 bridgehead atoms. The Morgan fingerprint density at radius 2 is 1.69 bits per heavy atom. The Balaban J connectivity index is 1.63. The number of halogens is 4. The number of imidazole rings is 1. The lowest BCUT2D eigenvalue weighted by molar-refractivity contribution is 0.102. The quantitative estimate of drug-likeness (QED) is 0.308. The predicted molar refractivity (Wildman–Crippen MR) is 122 cm³/mol. The molecule has 3 aromatic carbocycles. The summed E-state index contributed by atoms with van der Waals surface area (Å²) in [5, 5.41) is 4.32. The van der Waals surface area contributed by atoms with Crippen LogP contribution in [0.5, 0.6) is 0 Å². The molecule has 1 amide bonds. The third kappa shape index (κ3) is 4.43. The summed E-state index contributed by atoms with van der Waals surface area (Å²) in [5.41, 5.74) is 3.16. The number of carbonyl (C=O) groups excluding carboxylic acids is 1. The zero-order valence-electron chi connectivity index (χ0n) is 14.8. The highest BCUT2D eigenvalue weighted by Crippen LogP contribution is 2.28. The fourth-order valence-electron chi connectivity index (χ4n) is 2.94. The molecule has 0 fully saturated rings. The van der Waals surface area contributed by atoms with Gasteiger partial charge < -0.3 is 10.3 Å². The van der Waals surface area contributed by atoms with Gasteiger partial charge in [-0.15, -0.1) is 0 Å². The highest BCUT2D eigenvalue weighted by molar-refractivity contribution is 9.10. The maximum absolute atomic E-state index is 12.7. The van der Waals surface area contributed by atoms with Gasteiger partial charge in [-0.25, -0.2) is 4.98 Å². The van der Waals surface area contributed by atoms with Crippen LogP contribution < -0.4 is 5.32 Å². The molecule has 1 aromatic heterocycles. The van der Waals surface area contributed by atoms with Crippen molar-refractivity contribution in [3.63, 3.8) is 0 Å². The van der Waals surface area contributed by atoms with Crippen LogP contribution in [0.25, 0.3) is 11.0 Å². The molecule has 4 nitrogen and oxygen atoms in total. The summed E-state index contributed by atoms with van der Waals surface area (Å²) >= 11 is 22.2. The lowest BCUT2D eigenvalue weighted by atomic mass is 10.1. The number of amides is 1. The third-order valence-corrected chi connectivity index (χ3v) is 5.92. The average molecular weight is 510 g/mol. The van der Waals surface area contributed by atoms with E-state index in [9.17, 15) is 4.79 Å². The predicted octanol–water partition coefficient (Wildman–Crippen LogP) is 7.13. The number of fused-ring (bicyclic) bond motifs is 1. The van der Waals surface area contributed by atoms with E-state index in [2.05, 4.69) is 31.2 Å². The second-order valence-corrected chi connectivity index (χ2v) is 8.51. The number of rotatable bonds is 4. The van der Waals surface area contributed by atoms with Gasteiger partial charge in [0.05, 0.1) is 21.6 Å². The molecular weight excluding hydrogens is 497 g/mol. The van der Waals surface area contributed by atoms with Crippen LogP contribution in [0.2, 0.25) is 15.1 Å². The van der Waals surface area contributed by atoms with E-state index in [1.165, 1.54) is 0 Å². The molecule has 8 heteroatoms. The SMILES string of the molecule is O=C(Nc1ccc(Br)cc1)c1cc2nc(Cc3c(Cl)cccc3Cl)[nH]c2cc1Cl. The van der Waals surface area contributed by atoms with E-state index >= 15 is 0 Å². The Bertz CT molecular complexity index is 1200. The van der Waals surface area contributed by atoms with Crippen LogP contribution in [0.4, 0.5) is 5.69 Å². The van der Waals surface area contributed by atoms with E-state index in [0.717, 1.165) is 15.6 Å². The molecule has 0 saturated carbocycles. The van der Waals surface area contributed by atoms with Crippen LogP contribution in [0.15, 0.2) is 59.1 Å². The number of hydrogen-bond acceptors (Lipinski definition) is 2. The minimum Gasteiger partial charge on any atom is -0.342 e. The summed E-state index contributed by atoms with van der Waals surface area (Å²) in [5.74, 6) is 0.370. The summed E-state index contributed by atoms with van der Waals surface area (Å²) in [6.45, 7) is 0. The molecule has 0 aliphatic carbocycles. The minimum atomic E-state index is -0.307. The monoisotopic (exact) mass is 507 g/mol. The molecule has 0 atom stereocenters. The number of nitrogens with zero attached hydrogens (tertiary/aromatic N) is 1. The van der Waals surface area contributed by atoms with Crippen molar-refractivity contribution in [2.75, 3.05) is 5.32 Å². The maximum Gasteiger partial charge on any atom is 0.257 e. The Labute approximate surface area is 190 Å². The van der Waals surface area contributed by atoms with Gasteiger partial charge in [-0.2, -0.15) is 0 Å². The topological polar surface area (TPSA) is 57.8 Å². The molecule has 4 rings (SSSR count). The van der Waals surface area contributed by atoms with Gasteiger partial charge in [0, 0.05) is 26.6 Å². The van der Waals surface area contributed by atoms with E-state index in [-0.39, 0.29) is 5.91 Å². The standard InChI is InChI=1S/C21H13BrCl3N3O/c22-11-4-6-12(7-5-11)26-21(29)14-8-18-19(10-17(14)25)28-20(27-18)9-13-15(23)2-1-3-16(13)24/h1-8,10H,9H2,(H,26,29)(H,27,28). The first-order chi connectivity index (χ1) is 13.9. The van der Waals surface area contributed by atoms with Gasteiger partial charge >= 0.3 is 0 Å². The van der Waals surface area contributed by atoms with Crippen molar-refractivity contribution in [3.05, 3.63) is 91.1 Å². The number of benzene rings is 3. The fourth-order valence-corrected chi connectivity index (χ4v) is 3.99. The lowest BCUT2D eigenvalue weighted by Crippen LogP contribution is -2.12. The number of aromatic amines is 1. The van der Waals surface area contributed by atoms with Crippen LogP contribution >= 0.6 is 50.7 Å². The van der Waals surface area contributed by atoms with E-state index in [1.54, 1.807) is 42.5 Å². The largest absolute Gasteiger partial charge is 0.342 e. The molecule has 0 aliphatic heterocycles. The normalized spacial score (nSPS) is 11.0. The molecule has 2 N–H and O–H groups in total. The van der Waals surface area contributed by atoms with E-state index in [4.69, 9.17) is 34.8 Å². The molecule has 1 heterocycles. The maximum atomic E-state index is 12.7. The summed E-state index contributed by atoms with van der Waals surface area (Å²) in [7, 11) is 0. The van der Waals surface area contributed by atoms with E-state index in [0.29, 0.717) is 44.1 Å². The number of H-pyrrole nitrogens is 1. The van der Waals surface area contributed by atoms with Gasteiger partial charge in [0.15, 0.2) is 0 Å². The van der Waals surface area contributed by atoms with E-state index < -0.39 is 0 Å². The molecule has 0 spiro atoms. The van der Waals surface area contributed by atoms with Gasteiger partial charge in [0.2, 0.25) is 0 Å². The summed E-state index contributed by atoms with van der Waals surface area (Å²) in [6, 6.07) is 16.0. The third-order valence-electron chi connectivity index (χ3n) is 4.37. The van der Waals surface area contributed by atoms with E-state index in [1.807, 2.05) is 12.1 Å². The van der Waals surface area contributed by atoms with Crippen molar-refractivity contribution in [2.45, 2.75) is 6.42 Å². The lowest BCUT2D eigenvalue weighted by Gasteiger charge is -2.07. The zero-order chi connectivity index (χ0) is 20.5. The van der Waals surface area contributed by atoms with Gasteiger partial charge in [-0.1, -0.05) is 56.8 Å². The smallest absolute Gasteiger partial charge is 0.257 e. The van der Waals surface area contributed by atoms with Crippen molar-refractivity contribution >= 4 is 73.4 Å². The number of nitrogens with one attached hydrogen (secondary N) is 2. The average Bonchev–Trinajstić information content (AvgIpc) is 3.07. The molecule has 0 unspecified atom stereocenters. The molecule has 29 heavy (non-hydrogen) atoms. The van der Waals surface area contributed by atoms with Crippen LogP contribution in [0.1, 0.15) is 21.7 Å². The van der Waals surface area contributed by atoms with Gasteiger partial charge in [-0.3, -0.25) is 4.79 Å². The van der Waals surface area contributed by atoms with Crippen LogP contribution in [-0.2, 0) is 6.42 Å². The number of hydrogen-bond donors (Lipinski definition) is 2. The Hall–Kier alpha value is -2.05. The van der Waals surface area contributed by atoms with Crippen LogP contribution in [0, 0.1) is 0 Å². The van der Waals surface area contributed by atoms with Gasteiger partial charge in [-0.05, 0) is 54.1 Å². The van der Waals surface area contributed by atoms with Crippen LogP contribution in [-0.4, -0.2) is 15.9 Å². The van der Waals surface area contributed by atoms with Crippen molar-refractivity contribution in [1.29, 1.82) is 0 Å². The molecule has 146 valence electrons. The fraction of sp³-hybridized carbons (Fsp3) is 0.0476. The second-order valence-electron chi connectivity index (χ2n) is 6.37. The van der Waals surface area contributed by atoms with Gasteiger partial charge in [0.25, 0.3) is 5.91 Å². The number of aromatic nitrogens is 2. The first kappa shape index (κ1) is 20.2. The number of anilines is 1. The first-order valence-electron chi connectivity index (χ1n) is 8.58. The van der Waals surface area contributed by atoms with Crippen molar-refractivity contribution in [3.8, 4) is 0 Å². The molecule has 0 saturated heterocycles. The minimum absolute atomic E-state index is 0.307. The highest BCUT2D eigenvalue weighted by Gasteiger charge is 2.15. The van der Waals surface area contributed by atoms with Crippen molar-refractivity contribution in [2.24, 2.45) is 0 Å². The Kier molecular flexibility index (Phi) is 5.83. The molecule has 0 radical (unpaired) electrons. The highest BCUT2D eigenvalue weighted by atomic mass is 79.9. The molecular formula is C21H13BrCl3N3O. The summed E-state index contributed by atoms with van der Waals surface area (Å²) in [6.07, 6.45) is 0.436. The Morgan fingerprint density at radius 1 is 1.00 bits per heavy atom. The van der Waals surface area contributed by atoms with Crippen molar-refractivity contribution < 1.29 is 4.79 Å². The Morgan fingerprint density at radius 3 is 2.38 bits per heavy atom. The summed E-state index contributed by atoms with van der Waals surface area (Å²) in [4.78, 5) is 20.5. The van der Waals surface area contributed by atoms with Crippen LogP contribution in [0.3, 0.4) is 0 Å². The molecule has 4 aromatic rings. The van der Waals surface area contributed by atoms with Crippen molar-refractivity contribution in [1.82, 2.24) is 9.97 Å². The first-order valence-corrected chi connectivity index (χ1v) is 10.5. The summed E-state index contributed by atoms with van der Waals surface area (Å²) < 4.78 is 0.928. The zero-order valence-corrected chi connectivity index (χ0v) is 18.6. The number of carbonyl (C=O) groups is 1. The molecule has 0 aliphatic rings. The second kappa shape index (κ2) is 8.36.